The van der Waals surface area contributed by atoms with Gasteiger partial charge in [-0.2, -0.15) is 0 Å². The molecule has 72 valence electrons. The van der Waals surface area contributed by atoms with Gasteiger partial charge in [-0.25, -0.2) is 0 Å². The maximum Gasteiger partial charge on any atom is 0.151 e. The predicted molar refractivity (Wildman–Crippen MR) is 44.5 cm³/mol. The molecule has 0 saturated heterocycles. The first-order chi connectivity index (χ1) is 5.68. The molecule has 0 aromatic rings. The third kappa shape index (κ3) is 22.8. The van der Waals surface area contributed by atoms with Crippen molar-refractivity contribution in [2.45, 2.75) is 38.9 Å². The van der Waals surface area contributed by atoms with Gasteiger partial charge in [0.25, 0.3) is 0 Å². The van der Waals surface area contributed by atoms with E-state index in [1.165, 1.54) is 0 Å². The summed E-state index contributed by atoms with van der Waals surface area (Å²) in [5, 5.41) is 15.8. The number of carbonyl (C=O) groups is 2. The van der Waals surface area contributed by atoms with Gasteiger partial charge in [0.2, 0.25) is 0 Å². The molecule has 0 heterocycles. The van der Waals surface area contributed by atoms with Crippen LogP contribution in [0.25, 0.3) is 0 Å². The summed E-state index contributed by atoms with van der Waals surface area (Å²) in [6, 6.07) is 0. The Bertz CT molecular complexity index is 93.2. The van der Waals surface area contributed by atoms with Crippen molar-refractivity contribution in [3.8, 4) is 0 Å². The standard InChI is InChI=1S/C5H8O2.C3H8O2/c6-4-2-1-3-5-7;1-2-3(4)5/h4-5H,1-3H2;3-5H,2H2,1H3. The van der Waals surface area contributed by atoms with Crippen LogP contribution in [-0.4, -0.2) is 29.1 Å². The van der Waals surface area contributed by atoms with Crippen molar-refractivity contribution < 1.29 is 19.8 Å². The first-order valence-corrected chi connectivity index (χ1v) is 3.92. The van der Waals surface area contributed by atoms with E-state index in [9.17, 15) is 9.59 Å². The third-order valence-electron chi connectivity index (χ3n) is 1.01. The highest BCUT2D eigenvalue weighted by molar-refractivity contribution is 5.52. The van der Waals surface area contributed by atoms with Gasteiger partial charge in [0.05, 0.1) is 0 Å². The number of aldehydes is 2. The molecule has 0 rings (SSSR count). The van der Waals surface area contributed by atoms with Crippen molar-refractivity contribution in [2.24, 2.45) is 0 Å². The van der Waals surface area contributed by atoms with Gasteiger partial charge in [-0.15, -0.1) is 0 Å². The van der Waals surface area contributed by atoms with E-state index in [-0.39, 0.29) is 0 Å². The highest BCUT2D eigenvalue weighted by Gasteiger charge is 1.83. The third-order valence-corrected chi connectivity index (χ3v) is 1.01. The Morgan fingerprint density at radius 1 is 1.17 bits per heavy atom. The summed E-state index contributed by atoms with van der Waals surface area (Å²) in [6.07, 6.45) is 2.67. The van der Waals surface area contributed by atoms with Crippen LogP contribution in [0.5, 0.6) is 0 Å². The summed E-state index contributed by atoms with van der Waals surface area (Å²) < 4.78 is 0. The molecule has 0 fully saturated rings. The van der Waals surface area contributed by atoms with E-state index in [1.54, 1.807) is 6.92 Å². The summed E-state index contributed by atoms with van der Waals surface area (Å²) >= 11 is 0. The Kier molecular flexibility index (Phi) is 14.9. The van der Waals surface area contributed by atoms with E-state index in [0.717, 1.165) is 12.6 Å². The van der Waals surface area contributed by atoms with E-state index in [2.05, 4.69) is 0 Å². The van der Waals surface area contributed by atoms with Crippen molar-refractivity contribution in [1.82, 2.24) is 0 Å². The Hall–Kier alpha value is -0.740. The number of rotatable bonds is 5. The van der Waals surface area contributed by atoms with Gasteiger partial charge in [0, 0.05) is 12.8 Å². The van der Waals surface area contributed by atoms with Gasteiger partial charge in [0.15, 0.2) is 6.29 Å². The fourth-order valence-electron chi connectivity index (χ4n) is 0.285. The molecule has 0 amide bonds. The molecule has 2 N–H and O–H groups in total. The molecule has 12 heavy (non-hydrogen) atoms. The number of unbranched alkanes of at least 4 members (excludes halogenated alkanes) is 2. The molecule has 0 bridgehead atoms. The maximum atomic E-state index is 9.56. The molecule has 0 aliphatic rings. The average molecular weight is 176 g/mol. The summed E-state index contributed by atoms with van der Waals surface area (Å²) in [5.41, 5.74) is 0. The number of aliphatic hydroxyl groups is 2. The zero-order chi connectivity index (χ0) is 9.82. The van der Waals surface area contributed by atoms with Crippen LogP contribution >= 0.6 is 0 Å². The van der Waals surface area contributed by atoms with E-state index in [0.29, 0.717) is 25.7 Å². The lowest BCUT2D eigenvalue weighted by atomic mass is 10.3. The van der Waals surface area contributed by atoms with Crippen molar-refractivity contribution in [3.05, 3.63) is 0 Å². The van der Waals surface area contributed by atoms with Crippen molar-refractivity contribution in [2.75, 3.05) is 0 Å². The van der Waals surface area contributed by atoms with Crippen LogP contribution in [0.3, 0.4) is 0 Å². The minimum absolute atomic E-state index is 0.417. The molecular weight excluding hydrogens is 160 g/mol. The van der Waals surface area contributed by atoms with Gasteiger partial charge in [0.1, 0.15) is 12.6 Å². The van der Waals surface area contributed by atoms with Gasteiger partial charge in [-0.3, -0.25) is 0 Å². The molecule has 0 atom stereocenters. The lowest BCUT2D eigenvalue weighted by Gasteiger charge is -1.90. The van der Waals surface area contributed by atoms with Gasteiger partial charge in [-0.05, 0) is 12.8 Å². The number of carbonyl (C=O) groups excluding carboxylic acids is 2. The average Bonchev–Trinajstić information content (AvgIpc) is 2.07. The number of aliphatic hydroxyl groups excluding tert-OH is 1. The molecule has 0 unspecified atom stereocenters. The normalized spacial score (nSPS) is 8.67. The fourth-order valence-corrected chi connectivity index (χ4v) is 0.285. The first kappa shape index (κ1) is 13.8. The van der Waals surface area contributed by atoms with E-state index >= 15 is 0 Å². The molecule has 0 aromatic heterocycles. The van der Waals surface area contributed by atoms with Gasteiger partial charge >= 0.3 is 0 Å². The Balaban J connectivity index is 0. The van der Waals surface area contributed by atoms with Crippen LogP contribution in [0.1, 0.15) is 32.6 Å². The van der Waals surface area contributed by atoms with Crippen molar-refractivity contribution >= 4 is 12.6 Å². The SMILES string of the molecule is CCC(O)O.O=CCCCC=O. The van der Waals surface area contributed by atoms with Gasteiger partial charge in [-0.1, -0.05) is 6.92 Å². The first-order valence-electron chi connectivity index (χ1n) is 3.92. The minimum atomic E-state index is -1.12. The van der Waals surface area contributed by atoms with Crippen molar-refractivity contribution in [3.63, 3.8) is 0 Å². The summed E-state index contributed by atoms with van der Waals surface area (Å²) in [4.78, 5) is 19.1. The summed E-state index contributed by atoms with van der Waals surface area (Å²) in [5.74, 6) is 0. The maximum absolute atomic E-state index is 9.56. The van der Waals surface area contributed by atoms with E-state index < -0.39 is 6.29 Å². The van der Waals surface area contributed by atoms with Crippen LogP contribution in [0, 0.1) is 0 Å². The number of hydrogen-bond donors (Lipinski definition) is 2. The van der Waals surface area contributed by atoms with E-state index in [4.69, 9.17) is 10.2 Å². The van der Waals surface area contributed by atoms with Crippen LogP contribution in [0.15, 0.2) is 0 Å². The Morgan fingerprint density at radius 3 is 1.67 bits per heavy atom. The predicted octanol–water partition coefficient (Wildman–Crippen LogP) is 0.262. The summed E-state index contributed by atoms with van der Waals surface area (Å²) in [7, 11) is 0. The molecule has 4 nitrogen and oxygen atoms in total. The fraction of sp³-hybridized carbons (Fsp3) is 0.750. The topological polar surface area (TPSA) is 74.6 Å². The second-order valence-corrected chi connectivity index (χ2v) is 2.15. The zero-order valence-electron chi connectivity index (χ0n) is 7.27. The molecule has 0 aliphatic carbocycles. The minimum Gasteiger partial charge on any atom is -0.368 e. The second-order valence-electron chi connectivity index (χ2n) is 2.15. The Morgan fingerprint density at radius 2 is 1.50 bits per heavy atom. The van der Waals surface area contributed by atoms with Crippen LogP contribution in [0.4, 0.5) is 0 Å². The summed E-state index contributed by atoms with van der Waals surface area (Å²) in [6.45, 7) is 1.70. The highest BCUT2D eigenvalue weighted by Crippen LogP contribution is 1.85. The van der Waals surface area contributed by atoms with Gasteiger partial charge < -0.3 is 19.8 Å². The quantitative estimate of drug-likeness (QED) is 0.358. The lowest BCUT2D eigenvalue weighted by Crippen LogP contribution is -1.99. The highest BCUT2D eigenvalue weighted by atomic mass is 16.5. The smallest absolute Gasteiger partial charge is 0.151 e. The van der Waals surface area contributed by atoms with Crippen LogP contribution < -0.4 is 0 Å². The van der Waals surface area contributed by atoms with E-state index in [1.807, 2.05) is 0 Å². The largest absolute Gasteiger partial charge is 0.368 e. The van der Waals surface area contributed by atoms with Crippen LogP contribution in [0.2, 0.25) is 0 Å². The molecule has 0 saturated carbocycles. The van der Waals surface area contributed by atoms with Crippen molar-refractivity contribution in [1.29, 1.82) is 0 Å². The molecular formula is C8H16O4. The molecule has 4 heteroatoms. The zero-order valence-corrected chi connectivity index (χ0v) is 7.27. The monoisotopic (exact) mass is 176 g/mol. The second kappa shape index (κ2) is 12.9. The molecule has 0 spiro atoms. The van der Waals surface area contributed by atoms with Crippen LogP contribution in [-0.2, 0) is 9.59 Å². The lowest BCUT2D eigenvalue weighted by molar-refractivity contribution is -0.108. The molecule has 0 aliphatic heterocycles. The molecule has 0 aromatic carbocycles. The number of hydrogen-bond acceptors (Lipinski definition) is 4. The molecule has 0 radical (unpaired) electrons. The Labute approximate surface area is 72.2 Å².